The predicted octanol–water partition coefficient (Wildman–Crippen LogP) is 2.44. The lowest BCUT2D eigenvalue weighted by atomic mass is 10.1. The van der Waals surface area contributed by atoms with E-state index in [0.29, 0.717) is 17.1 Å². The molecule has 1 aliphatic heterocycles. The summed E-state index contributed by atoms with van der Waals surface area (Å²) in [7, 11) is 0. The number of aromatic nitrogens is 3. The van der Waals surface area contributed by atoms with Gasteiger partial charge in [-0.3, -0.25) is 4.57 Å². The van der Waals surface area contributed by atoms with Gasteiger partial charge in [-0.05, 0) is 37.2 Å². The van der Waals surface area contributed by atoms with E-state index in [1.165, 1.54) is 17.1 Å². The van der Waals surface area contributed by atoms with Crippen LogP contribution in [0.25, 0.3) is 10.9 Å². The fourth-order valence-corrected chi connectivity index (χ4v) is 2.99. The minimum atomic E-state index is -1.01. The lowest BCUT2D eigenvalue weighted by molar-refractivity contribution is 0.197. The van der Waals surface area contributed by atoms with Crippen molar-refractivity contribution in [2.24, 2.45) is 0 Å². The molecule has 0 fully saturated rings. The Hall–Kier alpha value is -2.93. The lowest BCUT2D eigenvalue weighted by Crippen LogP contribution is -2.16. The van der Waals surface area contributed by atoms with E-state index in [1.807, 2.05) is 6.07 Å². The molecule has 122 valence electrons. The number of rotatable bonds is 2. The maximum absolute atomic E-state index is 11.2. The van der Waals surface area contributed by atoms with Crippen molar-refractivity contribution in [2.45, 2.75) is 12.8 Å². The SMILES string of the molecule is O=C(O)n1ccc2cc(Oc3ncnc4c3CCNCC4)ccc21. The first-order chi connectivity index (χ1) is 11.7. The van der Waals surface area contributed by atoms with Gasteiger partial charge >= 0.3 is 6.09 Å². The van der Waals surface area contributed by atoms with Crippen LogP contribution in [0.5, 0.6) is 11.6 Å². The van der Waals surface area contributed by atoms with Crippen LogP contribution in [-0.4, -0.2) is 38.8 Å². The summed E-state index contributed by atoms with van der Waals surface area (Å²) in [5.74, 6) is 1.20. The van der Waals surface area contributed by atoms with E-state index >= 15 is 0 Å². The van der Waals surface area contributed by atoms with Gasteiger partial charge in [0.2, 0.25) is 5.88 Å². The van der Waals surface area contributed by atoms with E-state index in [2.05, 4.69) is 15.3 Å². The summed E-state index contributed by atoms with van der Waals surface area (Å²) in [5.41, 5.74) is 2.68. The fourth-order valence-electron chi connectivity index (χ4n) is 2.99. The Kier molecular flexibility index (Phi) is 3.62. The monoisotopic (exact) mass is 324 g/mol. The fraction of sp³-hybridized carbons (Fsp3) is 0.235. The number of fused-ring (bicyclic) bond motifs is 2. The van der Waals surface area contributed by atoms with Gasteiger partial charge in [0.25, 0.3) is 0 Å². The molecule has 0 atom stereocenters. The second-order valence-corrected chi connectivity index (χ2v) is 5.65. The van der Waals surface area contributed by atoms with Crippen molar-refractivity contribution < 1.29 is 14.6 Å². The van der Waals surface area contributed by atoms with Crippen molar-refractivity contribution in [3.8, 4) is 11.6 Å². The molecule has 0 unspecified atom stereocenters. The van der Waals surface area contributed by atoms with E-state index in [-0.39, 0.29) is 0 Å². The maximum Gasteiger partial charge on any atom is 0.415 e. The van der Waals surface area contributed by atoms with E-state index in [0.717, 1.165) is 42.6 Å². The summed E-state index contributed by atoms with van der Waals surface area (Å²) in [6.45, 7) is 1.77. The average molecular weight is 324 g/mol. The van der Waals surface area contributed by atoms with Crippen LogP contribution < -0.4 is 10.1 Å². The highest BCUT2D eigenvalue weighted by Crippen LogP contribution is 2.28. The molecule has 0 spiro atoms. The Bertz CT molecular complexity index is 919. The smallest absolute Gasteiger partial charge is 0.415 e. The first-order valence-corrected chi connectivity index (χ1v) is 7.78. The summed E-state index contributed by atoms with van der Waals surface area (Å²) in [4.78, 5) is 19.8. The summed E-state index contributed by atoms with van der Waals surface area (Å²) in [5, 5.41) is 13.3. The van der Waals surface area contributed by atoms with Crippen LogP contribution in [0.2, 0.25) is 0 Å². The number of benzene rings is 1. The van der Waals surface area contributed by atoms with Crippen LogP contribution in [0, 0.1) is 0 Å². The van der Waals surface area contributed by atoms with E-state index < -0.39 is 6.09 Å². The highest BCUT2D eigenvalue weighted by Gasteiger charge is 2.16. The van der Waals surface area contributed by atoms with Crippen molar-refractivity contribution in [1.82, 2.24) is 19.9 Å². The van der Waals surface area contributed by atoms with Gasteiger partial charge in [0, 0.05) is 30.1 Å². The van der Waals surface area contributed by atoms with Crippen molar-refractivity contribution in [1.29, 1.82) is 0 Å². The molecule has 7 nitrogen and oxygen atoms in total. The van der Waals surface area contributed by atoms with Gasteiger partial charge < -0.3 is 15.2 Å². The molecule has 3 aromatic rings. The van der Waals surface area contributed by atoms with Gasteiger partial charge in [-0.15, -0.1) is 0 Å². The minimum Gasteiger partial charge on any atom is -0.464 e. The molecule has 7 heteroatoms. The normalized spacial score (nSPS) is 14.2. The molecule has 1 aliphatic rings. The largest absolute Gasteiger partial charge is 0.464 e. The molecular weight excluding hydrogens is 308 g/mol. The number of nitrogens with one attached hydrogen (secondary N) is 1. The van der Waals surface area contributed by atoms with Gasteiger partial charge in [-0.1, -0.05) is 0 Å². The Morgan fingerprint density at radius 3 is 2.96 bits per heavy atom. The Morgan fingerprint density at radius 2 is 2.08 bits per heavy atom. The van der Waals surface area contributed by atoms with Crippen molar-refractivity contribution >= 4 is 17.0 Å². The van der Waals surface area contributed by atoms with Crippen LogP contribution in [0.4, 0.5) is 4.79 Å². The zero-order chi connectivity index (χ0) is 16.5. The van der Waals surface area contributed by atoms with E-state index in [1.54, 1.807) is 18.2 Å². The second-order valence-electron chi connectivity index (χ2n) is 5.65. The first-order valence-electron chi connectivity index (χ1n) is 7.78. The average Bonchev–Trinajstić information content (AvgIpc) is 2.84. The summed E-state index contributed by atoms with van der Waals surface area (Å²) < 4.78 is 7.16. The highest BCUT2D eigenvalue weighted by molar-refractivity contribution is 5.89. The molecule has 2 aromatic heterocycles. The number of hydrogen-bond donors (Lipinski definition) is 2. The molecule has 0 bridgehead atoms. The predicted molar refractivity (Wildman–Crippen MR) is 87.7 cm³/mol. The molecule has 3 heterocycles. The van der Waals surface area contributed by atoms with Gasteiger partial charge in [-0.25, -0.2) is 14.8 Å². The van der Waals surface area contributed by atoms with Crippen molar-refractivity contribution in [3.05, 3.63) is 48.0 Å². The van der Waals surface area contributed by atoms with Gasteiger partial charge in [0.05, 0.1) is 11.2 Å². The molecule has 0 radical (unpaired) electrons. The standard InChI is InChI=1S/C17H16N4O3/c22-17(23)21-8-5-11-9-12(1-2-15(11)21)24-16-13-3-6-18-7-4-14(13)19-10-20-16/h1-2,5,8-10,18H,3-4,6-7H2,(H,22,23). The molecule has 1 aromatic carbocycles. The van der Waals surface area contributed by atoms with Crippen LogP contribution in [0.1, 0.15) is 11.3 Å². The third kappa shape index (κ3) is 2.59. The minimum absolute atomic E-state index is 0.570. The van der Waals surface area contributed by atoms with Crippen LogP contribution in [0.3, 0.4) is 0 Å². The zero-order valence-electron chi connectivity index (χ0n) is 12.9. The molecular formula is C17H16N4O3. The van der Waals surface area contributed by atoms with Gasteiger partial charge in [-0.2, -0.15) is 0 Å². The summed E-state index contributed by atoms with van der Waals surface area (Å²) in [6.07, 6.45) is 3.72. The third-order valence-corrected chi connectivity index (χ3v) is 4.17. The Labute approximate surface area is 137 Å². The molecule has 2 N–H and O–H groups in total. The lowest BCUT2D eigenvalue weighted by Gasteiger charge is -2.11. The van der Waals surface area contributed by atoms with Crippen LogP contribution in [-0.2, 0) is 12.8 Å². The topological polar surface area (TPSA) is 89.3 Å². The number of hydrogen-bond acceptors (Lipinski definition) is 5. The van der Waals surface area contributed by atoms with Crippen molar-refractivity contribution in [3.63, 3.8) is 0 Å². The Morgan fingerprint density at radius 1 is 1.21 bits per heavy atom. The number of ether oxygens (including phenoxy) is 1. The number of nitrogens with zero attached hydrogens (tertiary/aromatic N) is 3. The molecule has 0 saturated heterocycles. The second kappa shape index (κ2) is 5.93. The summed E-state index contributed by atoms with van der Waals surface area (Å²) >= 11 is 0. The third-order valence-electron chi connectivity index (χ3n) is 4.17. The van der Waals surface area contributed by atoms with E-state index in [9.17, 15) is 4.79 Å². The number of carboxylic acid groups (broad SMARTS) is 1. The van der Waals surface area contributed by atoms with E-state index in [4.69, 9.17) is 9.84 Å². The zero-order valence-corrected chi connectivity index (χ0v) is 12.9. The first kappa shape index (κ1) is 14.6. The summed E-state index contributed by atoms with van der Waals surface area (Å²) in [6, 6.07) is 7.06. The van der Waals surface area contributed by atoms with Gasteiger partial charge in [0.15, 0.2) is 0 Å². The molecule has 4 rings (SSSR count). The maximum atomic E-state index is 11.2. The van der Waals surface area contributed by atoms with Gasteiger partial charge in [0.1, 0.15) is 12.1 Å². The molecule has 0 amide bonds. The number of carbonyl (C=O) groups is 1. The quantitative estimate of drug-likeness (QED) is 0.752. The molecule has 0 saturated carbocycles. The van der Waals surface area contributed by atoms with Crippen LogP contribution in [0.15, 0.2) is 36.8 Å². The highest BCUT2D eigenvalue weighted by atomic mass is 16.5. The van der Waals surface area contributed by atoms with Crippen LogP contribution >= 0.6 is 0 Å². The Balaban J connectivity index is 1.69. The molecule has 24 heavy (non-hydrogen) atoms. The molecule has 0 aliphatic carbocycles. The van der Waals surface area contributed by atoms with Crippen molar-refractivity contribution in [2.75, 3.05) is 13.1 Å².